The summed E-state index contributed by atoms with van der Waals surface area (Å²) in [5, 5.41) is 7.55. The van der Waals surface area contributed by atoms with Gasteiger partial charge in [0.05, 0.1) is 12.2 Å². The fourth-order valence-electron chi connectivity index (χ4n) is 3.97. The van der Waals surface area contributed by atoms with Crippen LogP contribution in [0, 0.1) is 11.8 Å². The summed E-state index contributed by atoms with van der Waals surface area (Å²) in [5.74, 6) is 1.58. The second-order valence-corrected chi connectivity index (χ2v) is 7.84. The van der Waals surface area contributed by atoms with Crippen molar-refractivity contribution in [1.29, 1.82) is 0 Å². The third-order valence-corrected chi connectivity index (χ3v) is 5.77. The largest absolute Gasteiger partial charge is 0.340 e. The van der Waals surface area contributed by atoms with E-state index in [0.717, 1.165) is 31.6 Å². The molecule has 8 nitrogen and oxygen atoms in total. The van der Waals surface area contributed by atoms with Crippen molar-refractivity contribution in [3.63, 3.8) is 0 Å². The van der Waals surface area contributed by atoms with E-state index in [2.05, 4.69) is 37.3 Å². The number of aromatic nitrogens is 6. The Bertz CT molecular complexity index is 974. The van der Waals surface area contributed by atoms with Crippen LogP contribution in [0.4, 0.5) is 0 Å². The second-order valence-electron chi connectivity index (χ2n) is 7.50. The summed E-state index contributed by atoms with van der Waals surface area (Å²) >= 11 is 5.90. The Kier molecular flexibility index (Phi) is 5.30. The summed E-state index contributed by atoms with van der Waals surface area (Å²) in [6.45, 7) is 4.88. The molecule has 1 aliphatic rings. The Balaban J connectivity index is 1.65. The number of aromatic amines is 1. The van der Waals surface area contributed by atoms with Gasteiger partial charge in [0.15, 0.2) is 5.65 Å². The molecule has 3 heterocycles. The molecule has 1 aliphatic carbocycles. The molecule has 4 rings (SSSR count). The number of fused-ring (bicyclic) bond motifs is 1. The summed E-state index contributed by atoms with van der Waals surface area (Å²) in [7, 11) is 0. The predicted octanol–water partition coefficient (Wildman–Crippen LogP) is 3.52. The quantitative estimate of drug-likeness (QED) is 0.637. The standard InChI is InChI=1S/C19H24ClN7O/c1-3-27-14(8-9-22-27)18(28)24-15(12-6-4-11(2)5-7-12)17-23-13-10-21-19(20)26-16(13)25-17/h8-12,15H,3-7H2,1-2H3,(H,24,28)(H,21,23,25,26)/t11?,12?,15-/m0/s1. The SMILES string of the molecule is CCn1nccc1C(=O)N[C@H](c1nc2nc(Cl)ncc2[nH]1)C1CCC(C)CC1. The van der Waals surface area contributed by atoms with Gasteiger partial charge in [-0.15, -0.1) is 0 Å². The number of imidazole rings is 1. The highest BCUT2D eigenvalue weighted by atomic mass is 35.5. The summed E-state index contributed by atoms with van der Waals surface area (Å²) in [4.78, 5) is 29.1. The monoisotopic (exact) mass is 401 g/mol. The van der Waals surface area contributed by atoms with Crippen molar-refractivity contribution in [2.75, 3.05) is 0 Å². The van der Waals surface area contributed by atoms with Crippen LogP contribution in [0.15, 0.2) is 18.5 Å². The van der Waals surface area contributed by atoms with Gasteiger partial charge < -0.3 is 10.3 Å². The Labute approximate surface area is 168 Å². The molecule has 0 saturated heterocycles. The van der Waals surface area contributed by atoms with Gasteiger partial charge >= 0.3 is 0 Å². The Morgan fingerprint density at radius 2 is 2.14 bits per heavy atom. The van der Waals surface area contributed by atoms with E-state index in [9.17, 15) is 4.79 Å². The molecule has 28 heavy (non-hydrogen) atoms. The number of rotatable bonds is 5. The Morgan fingerprint density at radius 1 is 1.36 bits per heavy atom. The molecule has 1 atom stereocenters. The average molecular weight is 402 g/mol. The highest BCUT2D eigenvalue weighted by Gasteiger charge is 2.31. The summed E-state index contributed by atoms with van der Waals surface area (Å²) in [6.07, 6.45) is 7.65. The van der Waals surface area contributed by atoms with Crippen molar-refractivity contribution in [2.24, 2.45) is 11.8 Å². The first-order valence-corrected chi connectivity index (χ1v) is 10.1. The lowest BCUT2D eigenvalue weighted by molar-refractivity contribution is 0.0894. The minimum atomic E-state index is -0.229. The van der Waals surface area contributed by atoms with E-state index in [1.165, 1.54) is 0 Å². The smallest absolute Gasteiger partial charge is 0.270 e. The highest BCUT2D eigenvalue weighted by Crippen LogP contribution is 2.36. The molecule has 0 aromatic carbocycles. The van der Waals surface area contributed by atoms with Crippen molar-refractivity contribution in [2.45, 2.75) is 52.1 Å². The number of carbonyl (C=O) groups is 1. The van der Waals surface area contributed by atoms with Gasteiger partial charge in [-0.2, -0.15) is 10.1 Å². The molecule has 148 valence electrons. The van der Waals surface area contributed by atoms with Gasteiger partial charge in [0, 0.05) is 12.7 Å². The maximum Gasteiger partial charge on any atom is 0.270 e. The normalized spacial score (nSPS) is 21.0. The van der Waals surface area contributed by atoms with Crippen molar-refractivity contribution < 1.29 is 4.79 Å². The summed E-state index contributed by atoms with van der Waals surface area (Å²) in [5.41, 5.74) is 1.77. The fourth-order valence-corrected chi connectivity index (χ4v) is 4.10. The van der Waals surface area contributed by atoms with E-state index >= 15 is 0 Å². The van der Waals surface area contributed by atoms with E-state index in [1.54, 1.807) is 23.1 Å². The maximum atomic E-state index is 13.0. The molecule has 1 fully saturated rings. The third kappa shape index (κ3) is 3.73. The van der Waals surface area contributed by atoms with Crippen LogP contribution < -0.4 is 5.32 Å². The molecule has 1 saturated carbocycles. The van der Waals surface area contributed by atoms with E-state index < -0.39 is 0 Å². The first kappa shape index (κ1) is 18.9. The molecule has 2 N–H and O–H groups in total. The van der Waals surface area contributed by atoms with Crippen LogP contribution in [0.1, 0.15) is 61.9 Å². The molecule has 3 aromatic heterocycles. The number of hydrogen-bond acceptors (Lipinski definition) is 5. The number of carbonyl (C=O) groups excluding carboxylic acids is 1. The fraction of sp³-hybridized carbons (Fsp3) is 0.526. The lowest BCUT2D eigenvalue weighted by Crippen LogP contribution is -2.36. The number of halogens is 1. The number of aryl methyl sites for hydroxylation is 1. The van der Waals surface area contributed by atoms with Crippen molar-refractivity contribution >= 4 is 28.7 Å². The van der Waals surface area contributed by atoms with Crippen LogP contribution in [0.3, 0.4) is 0 Å². The molecule has 0 bridgehead atoms. The zero-order chi connectivity index (χ0) is 19.7. The molecule has 0 unspecified atom stereocenters. The van der Waals surface area contributed by atoms with E-state index in [0.29, 0.717) is 35.1 Å². The highest BCUT2D eigenvalue weighted by molar-refractivity contribution is 6.28. The molecule has 0 radical (unpaired) electrons. The third-order valence-electron chi connectivity index (χ3n) is 5.59. The molecule has 9 heteroatoms. The molecule has 3 aromatic rings. The van der Waals surface area contributed by atoms with Gasteiger partial charge in [0.25, 0.3) is 5.91 Å². The molecule has 1 amide bonds. The molecular formula is C19H24ClN7O. The van der Waals surface area contributed by atoms with Crippen LogP contribution >= 0.6 is 11.6 Å². The molecular weight excluding hydrogens is 378 g/mol. The lowest BCUT2D eigenvalue weighted by Gasteiger charge is -2.32. The summed E-state index contributed by atoms with van der Waals surface area (Å²) in [6, 6.07) is 1.51. The summed E-state index contributed by atoms with van der Waals surface area (Å²) < 4.78 is 1.69. The van der Waals surface area contributed by atoms with E-state index in [-0.39, 0.29) is 17.2 Å². The molecule has 0 spiro atoms. The van der Waals surface area contributed by atoms with Crippen molar-refractivity contribution in [3.05, 3.63) is 35.3 Å². The number of nitrogens with zero attached hydrogens (tertiary/aromatic N) is 5. The Hall–Kier alpha value is -2.48. The van der Waals surface area contributed by atoms with Crippen LogP contribution in [0.5, 0.6) is 0 Å². The van der Waals surface area contributed by atoms with Gasteiger partial charge in [-0.05, 0) is 49.3 Å². The molecule has 0 aliphatic heterocycles. The van der Waals surface area contributed by atoms with Crippen LogP contribution in [-0.4, -0.2) is 35.6 Å². The zero-order valence-corrected chi connectivity index (χ0v) is 16.8. The van der Waals surface area contributed by atoms with Gasteiger partial charge in [-0.1, -0.05) is 19.8 Å². The van der Waals surface area contributed by atoms with Gasteiger partial charge in [0.2, 0.25) is 5.28 Å². The first-order chi connectivity index (χ1) is 13.5. The maximum absolute atomic E-state index is 13.0. The number of nitrogens with one attached hydrogen (secondary N) is 2. The number of H-pyrrole nitrogens is 1. The lowest BCUT2D eigenvalue weighted by atomic mass is 9.79. The van der Waals surface area contributed by atoms with Gasteiger partial charge in [0.1, 0.15) is 17.0 Å². The van der Waals surface area contributed by atoms with E-state index in [4.69, 9.17) is 11.6 Å². The van der Waals surface area contributed by atoms with Gasteiger partial charge in [-0.25, -0.2) is 9.97 Å². The van der Waals surface area contributed by atoms with Gasteiger partial charge in [-0.3, -0.25) is 9.48 Å². The van der Waals surface area contributed by atoms with Crippen LogP contribution in [0.2, 0.25) is 5.28 Å². The minimum absolute atomic E-state index is 0.146. The zero-order valence-electron chi connectivity index (χ0n) is 16.0. The first-order valence-electron chi connectivity index (χ1n) is 9.76. The second kappa shape index (κ2) is 7.87. The topological polar surface area (TPSA) is 101 Å². The van der Waals surface area contributed by atoms with Crippen LogP contribution in [-0.2, 0) is 6.54 Å². The number of hydrogen-bond donors (Lipinski definition) is 2. The van der Waals surface area contributed by atoms with E-state index in [1.807, 2.05) is 6.92 Å². The minimum Gasteiger partial charge on any atom is -0.340 e. The average Bonchev–Trinajstić information content (AvgIpc) is 3.33. The predicted molar refractivity (Wildman–Crippen MR) is 106 cm³/mol. The van der Waals surface area contributed by atoms with Crippen LogP contribution in [0.25, 0.3) is 11.2 Å². The number of amides is 1. The van der Waals surface area contributed by atoms with Crippen molar-refractivity contribution in [3.8, 4) is 0 Å². The van der Waals surface area contributed by atoms with Crippen molar-refractivity contribution in [1.82, 2.24) is 35.0 Å². The Morgan fingerprint density at radius 3 is 2.89 bits per heavy atom.